The van der Waals surface area contributed by atoms with Gasteiger partial charge in [0.2, 0.25) is 0 Å². The first kappa shape index (κ1) is 15.4. The number of hydrogen-bond acceptors (Lipinski definition) is 3. The molecule has 1 aromatic rings. The first-order valence-electron chi connectivity index (χ1n) is 7.02. The SMILES string of the molecule is CCCCCCCCCCn1c[n+]([N-][N+](=O)[O-])cn1. The number of nitrogens with zero attached hydrogens (tertiary/aromatic N) is 5. The second-order valence-corrected chi connectivity index (χ2v) is 4.69. The summed E-state index contributed by atoms with van der Waals surface area (Å²) in [6.45, 7) is 3.01. The van der Waals surface area contributed by atoms with Gasteiger partial charge in [-0.05, 0) is 17.5 Å². The second kappa shape index (κ2) is 9.29. The van der Waals surface area contributed by atoms with Gasteiger partial charge in [0.15, 0.2) is 0 Å². The molecule has 108 valence electrons. The molecule has 0 fully saturated rings. The summed E-state index contributed by atoms with van der Waals surface area (Å²) in [5.41, 5.74) is 3.12. The lowest BCUT2D eigenvalue weighted by Gasteiger charge is -2.07. The minimum Gasteiger partial charge on any atom is -0.373 e. The van der Waals surface area contributed by atoms with Crippen LogP contribution in [0.25, 0.3) is 5.53 Å². The van der Waals surface area contributed by atoms with Crippen molar-refractivity contribution in [3.63, 3.8) is 0 Å². The van der Waals surface area contributed by atoms with Crippen molar-refractivity contribution in [3.8, 4) is 0 Å². The van der Waals surface area contributed by atoms with E-state index in [1.54, 1.807) is 4.68 Å². The van der Waals surface area contributed by atoms with Gasteiger partial charge in [-0.25, -0.2) is 4.68 Å². The van der Waals surface area contributed by atoms with Gasteiger partial charge in [0, 0.05) is 0 Å². The van der Waals surface area contributed by atoms with Gasteiger partial charge in [0.25, 0.3) is 6.33 Å². The predicted molar refractivity (Wildman–Crippen MR) is 70.8 cm³/mol. The number of unbranched alkanes of at least 4 members (excludes halogenated alkanes) is 7. The maximum absolute atomic E-state index is 10.2. The first-order chi connectivity index (χ1) is 9.22. The molecular weight excluding hydrogens is 246 g/mol. The van der Waals surface area contributed by atoms with Crippen molar-refractivity contribution >= 4 is 0 Å². The van der Waals surface area contributed by atoms with Crippen LogP contribution < -0.4 is 4.68 Å². The highest BCUT2D eigenvalue weighted by molar-refractivity contribution is 4.51. The van der Waals surface area contributed by atoms with Crippen LogP contribution in [0.5, 0.6) is 0 Å². The molecule has 0 aromatic carbocycles. The zero-order valence-corrected chi connectivity index (χ0v) is 11.6. The van der Waals surface area contributed by atoms with Gasteiger partial charge in [0.05, 0.1) is 0 Å². The van der Waals surface area contributed by atoms with Gasteiger partial charge in [-0.2, -0.15) is 0 Å². The van der Waals surface area contributed by atoms with Crippen molar-refractivity contribution in [2.45, 2.75) is 64.8 Å². The van der Waals surface area contributed by atoms with Gasteiger partial charge in [-0.1, -0.05) is 45.4 Å². The van der Waals surface area contributed by atoms with Crippen molar-refractivity contribution < 1.29 is 9.71 Å². The Hall–Kier alpha value is -1.66. The van der Waals surface area contributed by atoms with Crippen LogP contribution in [0.15, 0.2) is 12.7 Å². The van der Waals surface area contributed by atoms with E-state index >= 15 is 0 Å². The maximum Gasteiger partial charge on any atom is 0.332 e. The molecule has 0 aliphatic heterocycles. The summed E-state index contributed by atoms with van der Waals surface area (Å²) < 4.78 is 2.80. The molecule has 19 heavy (non-hydrogen) atoms. The fourth-order valence-corrected chi connectivity index (χ4v) is 1.97. The Morgan fingerprint density at radius 1 is 1.21 bits per heavy atom. The summed E-state index contributed by atoms with van der Waals surface area (Å²) in [5, 5.41) is 13.4. The zero-order chi connectivity index (χ0) is 13.9. The fraction of sp³-hybridized carbons (Fsp3) is 0.833. The van der Waals surface area contributed by atoms with Gasteiger partial charge < -0.3 is 10.1 Å². The number of aromatic nitrogens is 3. The third-order valence-corrected chi connectivity index (χ3v) is 2.99. The largest absolute Gasteiger partial charge is 0.373 e. The van der Waals surface area contributed by atoms with Gasteiger partial charge in [-0.15, -0.1) is 5.03 Å². The van der Waals surface area contributed by atoms with Crippen LogP contribution in [0.1, 0.15) is 58.3 Å². The molecular formula is C12H23N5O2. The average molecular weight is 269 g/mol. The summed E-state index contributed by atoms with van der Waals surface area (Å²) in [5.74, 6) is 0. The highest BCUT2D eigenvalue weighted by atomic mass is 16.7. The molecule has 0 amide bonds. The van der Waals surface area contributed by atoms with Crippen molar-refractivity contribution in [1.82, 2.24) is 9.78 Å². The average Bonchev–Trinajstić information content (AvgIpc) is 2.79. The zero-order valence-electron chi connectivity index (χ0n) is 11.6. The van der Waals surface area contributed by atoms with Crippen LogP contribution >= 0.6 is 0 Å². The van der Waals surface area contributed by atoms with Crippen LogP contribution in [-0.4, -0.2) is 14.8 Å². The van der Waals surface area contributed by atoms with Crippen molar-refractivity contribution in [3.05, 3.63) is 28.3 Å². The Morgan fingerprint density at radius 3 is 2.47 bits per heavy atom. The summed E-state index contributed by atoms with van der Waals surface area (Å²) in [4.78, 5) is 10.2. The van der Waals surface area contributed by atoms with E-state index in [2.05, 4.69) is 17.6 Å². The van der Waals surface area contributed by atoms with Crippen molar-refractivity contribution in [2.24, 2.45) is 0 Å². The molecule has 0 radical (unpaired) electrons. The molecule has 0 spiro atoms. The molecule has 0 aliphatic rings. The van der Waals surface area contributed by atoms with Crippen LogP contribution in [0.4, 0.5) is 0 Å². The van der Waals surface area contributed by atoms with Crippen molar-refractivity contribution in [1.29, 1.82) is 0 Å². The molecule has 0 aliphatic carbocycles. The van der Waals surface area contributed by atoms with Gasteiger partial charge in [0.1, 0.15) is 11.6 Å². The van der Waals surface area contributed by atoms with E-state index in [0.717, 1.165) is 17.6 Å². The molecule has 7 heteroatoms. The van der Waals surface area contributed by atoms with Crippen LogP contribution in [0.2, 0.25) is 0 Å². The lowest BCUT2D eigenvalue weighted by Crippen LogP contribution is -2.29. The van der Waals surface area contributed by atoms with Crippen LogP contribution in [-0.2, 0) is 6.54 Å². The number of nitro groups is 1. The molecule has 0 unspecified atom stereocenters. The monoisotopic (exact) mass is 269 g/mol. The Labute approximate surface area is 113 Å². The first-order valence-corrected chi connectivity index (χ1v) is 7.02. The number of hydrogen-bond donors (Lipinski definition) is 0. The third kappa shape index (κ3) is 7.38. The molecule has 1 aromatic heterocycles. The van der Waals surface area contributed by atoms with Crippen molar-refractivity contribution in [2.75, 3.05) is 0 Å². The topological polar surface area (TPSA) is 78.9 Å². The molecule has 0 atom stereocenters. The van der Waals surface area contributed by atoms with Crippen LogP contribution in [0.3, 0.4) is 0 Å². The fourth-order valence-electron chi connectivity index (χ4n) is 1.97. The molecule has 0 saturated carbocycles. The molecule has 1 rings (SSSR count). The van der Waals surface area contributed by atoms with E-state index in [0.29, 0.717) is 0 Å². The Balaban J connectivity index is 2.03. The maximum atomic E-state index is 10.2. The highest BCUT2D eigenvalue weighted by Crippen LogP contribution is 2.08. The van der Waals surface area contributed by atoms with Gasteiger partial charge >= 0.3 is 6.33 Å². The van der Waals surface area contributed by atoms with E-state index in [4.69, 9.17) is 0 Å². The third-order valence-electron chi connectivity index (χ3n) is 2.99. The summed E-state index contributed by atoms with van der Waals surface area (Å²) in [7, 11) is 0. The second-order valence-electron chi connectivity index (χ2n) is 4.69. The van der Waals surface area contributed by atoms with E-state index in [9.17, 15) is 10.1 Å². The number of aryl methyl sites for hydroxylation is 1. The molecule has 1 heterocycles. The van der Waals surface area contributed by atoms with E-state index < -0.39 is 5.03 Å². The smallest absolute Gasteiger partial charge is 0.332 e. The molecule has 0 saturated heterocycles. The van der Waals surface area contributed by atoms with Crippen LogP contribution in [0, 0.1) is 10.1 Å². The summed E-state index contributed by atoms with van der Waals surface area (Å²) in [6.07, 6.45) is 13.0. The standard InChI is InChI=1S/C12H23N5O2/c1-2-3-4-5-6-7-8-9-10-15-12-16(11-13-15)14-17(18)19/h11-12H,2-10H2,1H3. The number of rotatable bonds is 11. The van der Waals surface area contributed by atoms with E-state index in [1.807, 2.05) is 0 Å². The Morgan fingerprint density at radius 2 is 1.84 bits per heavy atom. The summed E-state index contributed by atoms with van der Waals surface area (Å²) >= 11 is 0. The molecule has 0 N–H and O–H groups in total. The Kier molecular flexibility index (Phi) is 7.53. The Bertz CT molecular complexity index is 367. The molecule has 0 bridgehead atoms. The van der Waals surface area contributed by atoms with E-state index in [-0.39, 0.29) is 0 Å². The van der Waals surface area contributed by atoms with E-state index in [1.165, 1.54) is 57.6 Å². The predicted octanol–water partition coefficient (Wildman–Crippen LogP) is 2.64. The quantitative estimate of drug-likeness (QED) is 0.268. The minimum atomic E-state index is -0.734. The van der Waals surface area contributed by atoms with Gasteiger partial charge in [-0.3, -0.25) is 5.53 Å². The lowest BCUT2D eigenvalue weighted by molar-refractivity contribution is -0.738. The summed E-state index contributed by atoms with van der Waals surface area (Å²) in [6, 6.07) is 0. The minimum absolute atomic E-state index is 0.734. The normalized spacial score (nSPS) is 10.6. The highest BCUT2D eigenvalue weighted by Gasteiger charge is 2.06. The molecule has 7 nitrogen and oxygen atoms in total. The lowest BCUT2D eigenvalue weighted by atomic mass is 10.1.